The normalized spacial score (nSPS) is 22.0. The zero-order valence-electron chi connectivity index (χ0n) is 7.57. The Bertz CT molecular complexity index is 498. The molecule has 0 saturated carbocycles. The molecule has 0 unspecified atom stereocenters. The Hall–Kier alpha value is -2.18. The topological polar surface area (TPSA) is 110 Å². The average Bonchev–Trinajstić information content (AvgIpc) is 2.43. The van der Waals surface area contributed by atoms with Gasteiger partial charge in [-0.05, 0) is 0 Å². The van der Waals surface area contributed by atoms with Gasteiger partial charge in [-0.15, -0.1) is 0 Å². The summed E-state index contributed by atoms with van der Waals surface area (Å²) < 4.78 is 0. The second kappa shape index (κ2) is 2.44. The zero-order valence-corrected chi connectivity index (χ0v) is 7.57. The van der Waals surface area contributed by atoms with Gasteiger partial charge in [-0.25, -0.2) is 0 Å². The highest BCUT2D eigenvalue weighted by Crippen LogP contribution is 2.40. The van der Waals surface area contributed by atoms with Crippen molar-refractivity contribution in [3.05, 3.63) is 5.56 Å². The van der Waals surface area contributed by atoms with Gasteiger partial charge in [0.1, 0.15) is 11.6 Å². The van der Waals surface area contributed by atoms with Crippen LogP contribution in [0, 0.1) is 0 Å². The molecule has 7 heteroatoms. The Balaban J connectivity index is 2.26. The molecular formula is C8H7N5O2. The third-order valence-electron chi connectivity index (χ3n) is 2.52. The van der Waals surface area contributed by atoms with Gasteiger partial charge in [0, 0.05) is 6.42 Å². The third-order valence-corrected chi connectivity index (χ3v) is 2.52. The van der Waals surface area contributed by atoms with E-state index in [1.165, 1.54) is 0 Å². The van der Waals surface area contributed by atoms with Gasteiger partial charge >= 0.3 is 0 Å². The largest absolute Gasteiger partial charge is 0.368 e. The first-order valence-electron chi connectivity index (χ1n) is 4.43. The fourth-order valence-electron chi connectivity index (χ4n) is 1.91. The predicted octanol–water partition coefficient (Wildman–Crippen LogP) is -0.563. The Kier molecular flexibility index (Phi) is 1.33. The number of rotatable bonds is 0. The molecule has 15 heavy (non-hydrogen) atoms. The van der Waals surface area contributed by atoms with Gasteiger partial charge in [-0.1, -0.05) is 0 Å². The van der Waals surface area contributed by atoms with E-state index >= 15 is 0 Å². The molecule has 0 aromatic carbocycles. The van der Waals surface area contributed by atoms with E-state index in [-0.39, 0.29) is 24.2 Å². The van der Waals surface area contributed by atoms with Crippen molar-refractivity contribution in [3.63, 3.8) is 0 Å². The van der Waals surface area contributed by atoms with E-state index in [1.54, 1.807) is 0 Å². The lowest BCUT2D eigenvalue weighted by atomic mass is 9.95. The van der Waals surface area contributed by atoms with Gasteiger partial charge in [0.05, 0.1) is 11.5 Å². The molecule has 1 aromatic rings. The van der Waals surface area contributed by atoms with Crippen molar-refractivity contribution in [2.24, 2.45) is 0 Å². The minimum absolute atomic E-state index is 0.0342. The van der Waals surface area contributed by atoms with E-state index in [1.807, 2.05) is 0 Å². The second-order valence-electron chi connectivity index (χ2n) is 3.49. The lowest BCUT2D eigenvalue weighted by Crippen LogP contribution is -2.26. The molecule has 0 fully saturated rings. The maximum atomic E-state index is 11.5. The number of nitrogen functional groups attached to an aromatic ring is 1. The van der Waals surface area contributed by atoms with Gasteiger partial charge in [0.15, 0.2) is 0 Å². The Labute approximate surface area is 84.1 Å². The van der Waals surface area contributed by atoms with E-state index in [4.69, 9.17) is 5.73 Å². The molecule has 2 aliphatic rings. The monoisotopic (exact) mass is 205 g/mol. The van der Waals surface area contributed by atoms with Crippen LogP contribution in [0.3, 0.4) is 0 Å². The summed E-state index contributed by atoms with van der Waals surface area (Å²) >= 11 is 0. The van der Waals surface area contributed by atoms with Gasteiger partial charge in [0.2, 0.25) is 17.8 Å². The molecule has 4 N–H and O–H groups in total. The molecule has 0 bridgehead atoms. The lowest BCUT2D eigenvalue weighted by molar-refractivity contribution is -0.122. The number of hydrogen-bond acceptors (Lipinski definition) is 5. The number of hydrogen-bond donors (Lipinski definition) is 3. The number of nitrogens with zero attached hydrogens (tertiary/aromatic N) is 2. The first-order chi connectivity index (χ1) is 7.15. The summed E-state index contributed by atoms with van der Waals surface area (Å²) in [6.45, 7) is 0. The van der Waals surface area contributed by atoms with Crippen molar-refractivity contribution in [2.45, 2.75) is 12.3 Å². The van der Waals surface area contributed by atoms with Crippen molar-refractivity contribution in [3.8, 4) is 0 Å². The molecule has 1 atom stereocenters. The van der Waals surface area contributed by atoms with Crippen LogP contribution in [0.15, 0.2) is 0 Å². The molecule has 0 spiro atoms. The minimum Gasteiger partial charge on any atom is -0.368 e. The van der Waals surface area contributed by atoms with E-state index in [0.717, 1.165) is 0 Å². The van der Waals surface area contributed by atoms with Crippen molar-refractivity contribution in [1.29, 1.82) is 0 Å². The fraction of sp³-hybridized carbons (Fsp3) is 0.250. The molecular weight excluding hydrogens is 198 g/mol. The number of aromatic nitrogens is 2. The van der Waals surface area contributed by atoms with Gasteiger partial charge < -0.3 is 16.4 Å². The first-order valence-corrected chi connectivity index (χ1v) is 4.43. The molecule has 0 saturated heterocycles. The molecule has 1 aromatic heterocycles. The van der Waals surface area contributed by atoms with Gasteiger partial charge in [-0.3, -0.25) is 9.59 Å². The molecule has 2 amide bonds. The van der Waals surface area contributed by atoms with Crippen molar-refractivity contribution >= 4 is 29.4 Å². The van der Waals surface area contributed by atoms with Crippen LogP contribution in [0.2, 0.25) is 0 Å². The number of carbonyl (C=O) groups is 2. The Morgan fingerprint density at radius 2 is 1.87 bits per heavy atom. The predicted molar refractivity (Wildman–Crippen MR) is 51.1 cm³/mol. The minimum atomic E-state index is -0.468. The highest BCUT2D eigenvalue weighted by atomic mass is 16.2. The van der Waals surface area contributed by atoms with E-state index in [9.17, 15) is 9.59 Å². The maximum absolute atomic E-state index is 11.5. The van der Waals surface area contributed by atoms with Crippen LogP contribution in [0.5, 0.6) is 0 Å². The summed E-state index contributed by atoms with van der Waals surface area (Å²) in [7, 11) is 0. The Morgan fingerprint density at radius 3 is 2.60 bits per heavy atom. The molecule has 2 aliphatic heterocycles. The van der Waals surface area contributed by atoms with Gasteiger partial charge in [0.25, 0.3) is 0 Å². The van der Waals surface area contributed by atoms with Crippen LogP contribution < -0.4 is 16.4 Å². The number of anilines is 3. The summed E-state index contributed by atoms with van der Waals surface area (Å²) in [4.78, 5) is 30.6. The summed E-state index contributed by atoms with van der Waals surface area (Å²) in [5, 5.41) is 5.15. The summed E-state index contributed by atoms with van der Waals surface area (Å²) in [5.74, 6) is -0.129. The Morgan fingerprint density at radius 1 is 1.20 bits per heavy atom. The fourth-order valence-corrected chi connectivity index (χ4v) is 1.91. The zero-order chi connectivity index (χ0) is 10.6. The third kappa shape index (κ3) is 0.997. The molecule has 3 rings (SSSR count). The van der Waals surface area contributed by atoms with E-state index in [0.29, 0.717) is 17.2 Å². The quantitative estimate of drug-likeness (QED) is 0.525. The molecule has 7 nitrogen and oxygen atoms in total. The smallest absolute Gasteiger partial charge is 0.233 e. The van der Waals surface area contributed by atoms with E-state index < -0.39 is 5.92 Å². The first kappa shape index (κ1) is 8.16. The highest BCUT2D eigenvalue weighted by Gasteiger charge is 2.40. The van der Waals surface area contributed by atoms with Crippen LogP contribution in [0.1, 0.15) is 17.9 Å². The van der Waals surface area contributed by atoms with Crippen LogP contribution >= 0.6 is 0 Å². The van der Waals surface area contributed by atoms with Crippen molar-refractivity contribution in [2.75, 3.05) is 16.4 Å². The number of nitrogens with one attached hydrogen (secondary N) is 2. The number of carbonyl (C=O) groups excluding carboxylic acids is 2. The summed E-state index contributed by atoms with van der Waals surface area (Å²) in [6, 6.07) is 0. The van der Waals surface area contributed by atoms with Crippen LogP contribution in [0.25, 0.3) is 0 Å². The highest BCUT2D eigenvalue weighted by molar-refractivity contribution is 6.10. The molecule has 76 valence electrons. The number of nitrogens with two attached hydrogens (primary N) is 1. The van der Waals surface area contributed by atoms with Crippen molar-refractivity contribution < 1.29 is 9.59 Å². The molecule has 3 heterocycles. The lowest BCUT2D eigenvalue weighted by Gasteiger charge is -2.18. The summed E-state index contributed by atoms with van der Waals surface area (Å²) in [6.07, 6.45) is 0.138. The van der Waals surface area contributed by atoms with Crippen molar-refractivity contribution in [1.82, 2.24) is 9.97 Å². The maximum Gasteiger partial charge on any atom is 0.233 e. The number of amides is 2. The standard InChI is InChI=1S/C8H7N5O2/c9-8-12-5-4-2(1-3(14)10-5)7(15)11-6(4)13-8/h2H,1H2,(H4,9,10,11,12,13,14,15)/t2-/m0/s1. The molecule has 0 radical (unpaired) electrons. The molecule has 0 aliphatic carbocycles. The second-order valence-corrected chi connectivity index (χ2v) is 3.49. The van der Waals surface area contributed by atoms with E-state index in [2.05, 4.69) is 20.6 Å². The summed E-state index contributed by atoms with van der Waals surface area (Å²) in [5.41, 5.74) is 6.09. The van der Waals surface area contributed by atoms with Crippen LogP contribution in [0.4, 0.5) is 17.6 Å². The van der Waals surface area contributed by atoms with Crippen LogP contribution in [-0.2, 0) is 9.59 Å². The SMILES string of the molecule is Nc1nc2c3c(n1)NC(=O)[C@H]3CC(=O)N2. The van der Waals surface area contributed by atoms with Gasteiger partial charge in [-0.2, -0.15) is 9.97 Å². The van der Waals surface area contributed by atoms with Crippen LogP contribution in [-0.4, -0.2) is 21.8 Å². The average molecular weight is 205 g/mol.